The van der Waals surface area contributed by atoms with Gasteiger partial charge < -0.3 is 5.32 Å². The highest BCUT2D eigenvalue weighted by molar-refractivity contribution is 7.91. The zero-order valence-electron chi connectivity index (χ0n) is 10.4. The molecule has 0 radical (unpaired) electrons. The van der Waals surface area contributed by atoms with Crippen LogP contribution in [0.3, 0.4) is 0 Å². The fourth-order valence-corrected chi connectivity index (χ4v) is 4.40. The fourth-order valence-electron chi connectivity index (χ4n) is 2.24. The first-order valence-corrected chi connectivity index (χ1v) is 8.32. The molecule has 1 unspecified atom stereocenters. The van der Waals surface area contributed by atoms with Gasteiger partial charge >= 0.3 is 0 Å². The second kappa shape index (κ2) is 5.59. The summed E-state index contributed by atoms with van der Waals surface area (Å²) in [7, 11) is -2.77. The number of halogens is 1. The molecule has 1 aliphatic heterocycles. The predicted molar refractivity (Wildman–Crippen MR) is 74.7 cm³/mol. The molecule has 1 fully saturated rings. The van der Waals surface area contributed by atoms with Crippen LogP contribution in [0.25, 0.3) is 0 Å². The van der Waals surface area contributed by atoms with Crippen LogP contribution >= 0.6 is 11.6 Å². The first kappa shape index (κ1) is 13.8. The van der Waals surface area contributed by atoms with Gasteiger partial charge in [-0.15, -0.1) is 0 Å². The molecular formula is C13H18ClNO2S. The lowest BCUT2D eigenvalue weighted by atomic mass is 10.1. The SMILES string of the molecule is Cc1ccc(CNCC2CCS(=O)(=O)C2)c(Cl)c1. The summed E-state index contributed by atoms with van der Waals surface area (Å²) in [6.45, 7) is 3.44. The van der Waals surface area contributed by atoms with Gasteiger partial charge in [-0.3, -0.25) is 0 Å². The number of aryl methyl sites for hydroxylation is 1. The Morgan fingerprint density at radius 2 is 2.22 bits per heavy atom. The van der Waals surface area contributed by atoms with Gasteiger partial charge in [-0.25, -0.2) is 8.42 Å². The van der Waals surface area contributed by atoms with Gasteiger partial charge in [0.2, 0.25) is 0 Å². The molecule has 0 aromatic heterocycles. The van der Waals surface area contributed by atoms with Crippen LogP contribution in [-0.2, 0) is 16.4 Å². The van der Waals surface area contributed by atoms with E-state index in [9.17, 15) is 8.42 Å². The first-order valence-electron chi connectivity index (χ1n) is 6.12. The van der Waals surface area contributed by atoms with Gasteiger partial charge in [-0.2, -0.15) is 0 Å². The van der Waals surface area contributed by atoms with Crippen LogP contribution in [0.1, 0.15) is 17.5 Å². The molecule has 1 N–H and O–H groups in total. The van der Waals surface area contributed by atoms with Crippen molar-refractivity contribution in [1.82, 2.24) is 5.32 Å². The minimum absolute atomic E-state index is 0.249. The zero-order valence-corrected chi connectivity index (χ0v) is 12.0. The van der Waals surface area contributed by atoms with Gasteiger partial charge in [-0.1, -0.05) is 23.7 Å². The summed E-state index contributed by atoms with van der Waals surface area (Å²) in [5, 5.41) is 4.06. The van der Waals surface area contributed by atoms with Crippen molar-refractivity contribution in [3.63, 3.8) is 0 Å². The number of hydrogen-bond donors (Lipinski definition) is 1. The summed E-state index contributed by atoms with van der Waals surface area (Å²) in [4.78, 5) is 0. The molecule has 18 heavy (non-hydrogen) atoms. The van der Waals surface area contributed by atoms with E-state index in [0.717, 1.165) is 29.1 Å². The van der Waals surface area contributed by atoms with Gasteiger partial charge in [0.15, 0.2) is 9.84 Å². The maximum absolute atomic E-state index is 11.3. The van der Waals surface area contributed by atoms with E-state index in [0.29, 0.717) is 18.1 Å². The van der Waals surface area contributed by atoms with E-state index in [-0.39, 0.29) is 5.92 Å². The molecule has 0 bridgehead atoms. The molecule has 100 valence electrons. The largest absolute Gasteiger partial charge is 0.312 e. The Labute approximate surface area is 113 Å². The van der Waals surface area contributed by atoms with E-state index in [1.807, 2.05) is 25.1 Å². The smallest absolute Gasteiger partial charge is 0.150 e. The molecule has 2 rings (SSSR count). The van der Waals surface area contributed by atoms with Gasteiger partial charge in [0.05, 0.1) is 11.5 Å². The van der Waals surface area contributed by atoms with E-state index >= 15 is 0 Å². The lowest BCUT2D eigenvalue weighted by Gasteiger charge is -2.10. The first-order chi connectivity index (χ1) is 8.46. The van der Waals surface area contributed by atoms with Crippen LogP contribution in [0.5, 0.6) is 0 Å². The standard InChI is InChI=1S/C13H18ClNO2S/c1-10-2-3-12(13(14)6-10)8-15-7-11-4-5-18(16,17)9-11/h2-3,6,11,15H,4-5,7-9H2,1H3. The van der Waals surface area contributed by atoms with Gasteiger partial charge in [0, 0.05) is 11.6 Å². The van der Waals surface area contributed by atoms with Crippen molar-refractivity contribution >= 4 is 21.4 Å². The summed E-state index contributed by atoms with van der Waals surface area (Å²) in [6.07, 6.45) is 0.775. The molecule has 0 aliphatic carbocycles. The molecule has 1 aromatic rings. The highest BCUT2D eigenvalue weighted by atomic mass is 35.5. The molecule has 1 atom stereocenters. The van der Waals surface area contributed by atoms with E-state index in [4.69, 9.17) is 11.6 Å². The maximum atomic E-state index is 11.3. The predicted octanol–water partition coefficient (Wildman–Crippen LogP) is 2.17. The van der Waals surface area contributed by atoms with Crippen molar-refractivity contribution in [3.8, 4) is 0 Å². The average molecular weight is 288 g/mol. The number of nitrogens with one attached hydrogen (secondary N) is 1. The van der Waals surface area contributed by atoms with Crippen LogP contribution in [0.2, 0.25) is 5.02 Å². The minimum atomic E-state index is -2.77. The Balaban J connectivity index is 1.82. The van der Waals surface area contributed by atoms with Crippen LogP contribution in [0.4, 0.5) is 0 Å². The Morgan fingerprint density at radius 1 is 1.44 bits per heavy atom. The molecule has 0 saturated carbocycles. The summed E-state index contributed by atoms with van der Waals surface area (Å²) >= 11 is 6.13. The van der Waals surface area contributed by atoms with Crippen molar-refractivity contribution in [2.75, 3.05) is 18.1 Å². The highest BCUT2D eigenvalue weighted by Crippen LogP contribution is 2.19. The topological polar surface area (TPSA) is 46.2 Å². The second-order valence-corrected chi connectivity index (χ2v) is 7.63. The molecule has 0 spiro atoms. The molecule has 5 heteroatoms. The third-order valence-electron chi connectivity index (χ3n) is 3.28. The van der Waals surface area contributed by atoms with Crippen LogP contribution in [-0.4, -0.2) is 26.5 Å². The molecule has 1 heterocycles. The Hall–Kier alpha value is -0.580. The monoisotopic (exact) mass is 287 g/mol. The quantitative estimate of drug-likeness (QED) is 0.923. The van der Waals surface area contributed by atoms with E-state index in [1.165, 1.54) is 0 Å². The van der Waals surface area contributed by atoms with Crippen LogP contribution in [0, 0.1) is 12.8 Å². The van der Waals surface area contributed by atoms with Crippen LogP contribution in [0.15, 0.2) is 18.2 Å². The van der Waals surface area contributed by atoms with Crippen molar-refractivity contribution in [1.29, 1.82) is 0 Å². The molecule has 1 aromatic carbocycles. The summed E-state index contributed by atoms with van der Waals surface area (Å²) < 4.78 is 22.6. The van der Waals surface area contributed by atoms with E-state index in [2.05, 4.69) is 5.32 Å². The zero-order chi connectivity index (χ0) is 13.2. The van der Waals surface area contributed by atoms with Crippen molar-refractivity contribution in [3.05, 3.63) is 34.3 Å². The Bertz CT molecular complexity index is 528. The van der Waals surface area contributed by atoms with Gasteiger partial charge in [0.25, 0.3) is 0 Å². The number of sulfone groups is 1. The molecule has 0 amide bonds. The van der Waals surface area contributed by atoms with Crippen LogP contribution < -0.4 is 5.32 Å². The van der Waals surface area contributed by atoms with E-state index in [1.54, 1.807) is 0 Å². The Morgan fingerprint density at radius 3 is 2.83 bits per heavy atom. The summed E-state index contributed by atoms with van der Waals surface area (Å²) in [5.74, 6) is 0.908. The lowest BCUT2D eigenvalue weighted by molar-refractivity contribution is 0.521. The normalized spacial score (nSPS) is 22.2. The molecule has 3 nitrogen and oxygen atoms in total. The van der Waals surface area contributed by atoms with Gasteiger partial charge in [0.1, 0.15) is 0 Å². The maximum Gasteiger partial charge on any atom is 0.150 e. The highest BCUT2D eigenvalue weighted by Gasteiger charge is 2.27. The number of benzene rings is 1. The summed E-state index contributed by atoms with van der Waals surface area (Å²) in [5.41, 5.74) is 2.20. The van der Waals surface area contributed by atoms with Crippen molar-refractivity contribution < 1.29 is 8.42 Å². The van der Waals surface area contributed by atoms with Crippen molar-refractivity contribution in [2.24, 2.45) is 5.92 Å². The van der Waals surface area contributed by atoms with E-state index < -0.39 is 9.84 Å². The number of hydrogen-bond acceptors (Lipinski definition) is 3. The third kappa shape index (κ3) is 3.70. The van der Waals surface area contributed by atoms with Crippen molar-refractivity contribution in [2.45, 2.75) is 19.9 Å². The Kier molecular flexibility index (Phi) is 4.30. The summed E-state index contributed by atoms with van der Waals surface area (Å²) in [6, 6.07) is 5.98. The third-order valence-corrected chi connectivity index (χ3v) is 5.47. The molecule has 1 saturated heterocycles. The molecular weight excluding hydrogens is 270 g/mol. The second-order valence-electron chi connectivity index (χ2n) is 4.99. The lowest BCUT2D eigenvalue weighted by Crippen LogP contribution is -2.23. The number of rotatable bonds is 4. The minimum Gasteiger partial charge on any atom is -0.312 e. The molecule has 1 aliphatic rings. The van der Waals surface area contributed by atoms with Gasteiger partial charge in [-0.05, 0) is 43.0 Å². The average Bonchev–Trinajstić information content (AvgIpc) is 2.61. The fraction of sp³-hybridized carbons (Fsp3) is 0.538.